The van der Waals surface area contributed by atoms with Crippen LogP contribution in [0.15, 0.2) is 18.5 Å². The number of nitrogens with two attached hydrogens (primary N) is 1. The molecule has 2 aromatic heterocycles. The standard InChI is InChI=1S/C14H17N3S/c1-9-6-7-16-8-11(9)12-13(15)18-14(17-12)10-4-2-3-5-10/h6-8,10H,2-5,15H2,1H3. The van der Waals surface area contributed by atoms with Crippen molar-refractivity contribution in [1.82, 2.24) is 9.97 Å². The summed E-state index contributed by atoms with van der Waals surface area (Å²) in [7, 11) is 0. The highest BCUT2D eigenvalue weighted by atomic mass is 32.1. The lowest BCUT2D eigenvalue weighted by Crippen LogP contribution is -1.92. The summed E-state index contributed by atoms with van der Waals surface area (Å²) >= 11 is 1.65. The zero-order valence-electron chi connectivity index (χ0n) is 10.5. The van der Waals surface area contributed by atoms with E-state index in [0.29, 0.717) is 5.92 Å². The van der Waals surface area contributed by atoms with Gasteiger partial charge in [-0.1, -0.05) is 12.8 Å². The maximum Gasteiger partial charge on any atom is 0.114 e. The molecule has 1 aliphatic rings. The van der Waals surface area contributed by atoms with E-state index in [9.17, 15) is 0 Å². The minimum absolute atomic E-state index is 0.628. The monoisotopic (exact) mass is 259 g/mol. The summed E-state index contributed by atoms with van der Waals surface area (Å²) in [5.74, 6) is 0.628. The zero-order chi connectivity index (χ0) is 12.5. The second-order valence-corrected chi connectivity index (χ2v) is 6.00. The molecule has 0 unspecified atom stereocenters. The highest BCUT2D eigenvalue weighted by molar-refractivity contribution is 7.16. The molecule has 0 radical (unpaired) electrons. The minimum atomic E-state index is 0.628. The lowest BCUT2D eigenvalue weighted by molar-refractivity contribution is 0.717. The second kappa shape index (κ2) is 4.69. The van der Waals surface area contributed by atoms with Gasteiger partial charge in [-0.15, -0.1) is 11.3 Å². The van der Waals surface area contributed by atoms with Crippen molar-refractivity contribution in [3.05, 3.63) is 29.0 Å². The van der Waals surface area contributed by atoms with Crippen LogP contribution in [-0.4, -0.2) is 9.97 Å². The minimum Gasteiger partial charge on any atom is -0.389 e. The van der Waals surface area contributed by atoms with Crippen LogP contribution in [-0.2, 0) is 0 Å². The lowest BCUT2D eigenvalue weighted by Gasteiger charge is -2.03. The number of hydrogen-bond acceptors (Lipinski definition) is 4. The Bertz CT molecular complexity index is 556. The molecule has 0 atom stereocenters. The second-order valence-electron chi connectivity index (χ2n) is 4.94. The topological polar surface area (TPSA) is 51.8 Å². The molecule has 0 aliphatic heterocycles. The molecule has 2 aromatic rings. The number of anilines is 1. The molecular weight excluding hydrogens is 242 g/mol. The quantitative estimate of drug-likeness (QED) is 0.893. The highest BCUT2D eigenvalue weighted by Crippen LogP contribution is 2.40. The van der Waals surface area contributed by atoms with E-state index >= 15 is 0 Å². The van der Waals surface area contributed by atoms with Crippen LogP contribution >= 0.6 is 11.3 Å². The van der Waals surface area contributed by atoms with Gasteiger partial charge in [-0.05, 0) is 31.4 Å². The van der Waals surface area contributed by atoms with Gasteiger partial charge in [0.2, 0.25) is 0 Å². The maximum absolute atomic E-state index is 6.14. The van der Waals surface area contributed by atoms with Gasteiger partial charge < -0.3 is 5.73 Å². The first-order valence-corrected chi connectivity index (χ1v) is 7.24. The van der Waals surface area contributed by atoms with Crippen LogP contribution in [0.1, 0.15) is 42.2 Å². The average molecular weight is 259 g/mol. The van der Waals surface area contributed by atoms with Crippen LogP contribution in [0.25, 0.3) is 11.3 Å². The number of pyridine rings is 1. The van der Waals surface area contributed by atoms with Crippen molar-refractivity contribution < 1.29 is 0 Å². The largest absolute Gasteiger partial charge is 0.389 e. The Balaban J connectivity index is 2.00. The van der Waals surface area contributed by atoms with Gasteiger partial charge in [0, 0.05) is 23.9 Å². The molecular formula is C14H17N3S. The van der Waals surface area contributed by atoms with Gasteiger partial charge in [-0.25, -0.2) is 4.98 Å². The molecule has 0 saturated heterocycles. The Kier molecular flexibility index (Phi) is 3.04. The fraction of sp³-hybridized carbons (Fsp3) is 0.429. The summed E-state index contributed by atoms with van der Waals surface area (Å²) in [5.41, 5.74) is 9.31. The molecule has 2 heterocycles. The van der Waals surface area contributed by atoms with Gasteiger partial charge in [0.25, 0.3) is 0 Å². The van der Waals surface area contributed by atoms with E-state index in [4.69, 9.17) is 10.7 Å². The Morgan fingerprint density at radius 1 is 1.33 bits per heavy atom. The van der Waals surface area contributed by atoms with E-state index in [2.05, 4.69) is 11.9 Å². The van der Waals surface area contributed by atoms with Gasteiger partial charge in [-0.3, -0.25) is 4.98 Å². The molecule has 4 heteroatoms. The number of aromatic nitrogens is 2. The van der Waals surface area contributed by atoms with E-state index in [-0.39, 0.29) is 0 Å². The molecule has 18 heavy (non-hydrogen) atoms. The molecule has 2 N–H and O–H groups in total. The fourth-order valence-corrected chi connectivity index (χ4v) is 3.62. The number of rotatable bonds is 2. The third-order valence-corrected chi connectivity index (χ3v) is 4.72. The number of aryl methyl sites for hydroxylation is 1. The van der Waals surface area contributed by atoms with Gasteiger partial charge >= 0.3 is 0 Å². The molecule has 1 saturated carbocycles. The molecule has 0 spiro atoms. The summed E-state index contributed by atoms with van der Waals surface area (Å²) in [6.07, 6.45) is 8.84. The van der Waals surface area contributed by atoms with Crippen LogP contribution in [0.5, 0.6) is 0 Å². The van der Waals surface area contributed by atoms with Crippen LogP contribution in [0.2, 0.25) is 0 Å². The smallest absolute Gasteiger partial charge is 0.114 e. The van der Waals surface area contributed by atoms with Crippen molar-refractivity contribution in [1.29, 1.82) is 0 Å². The molecule has 1 fully saturated rings. The summed E-state index contributed by atoms with van der Waals surface area (Å²) in [6.45, 7) is 2.07. The Morgan fingerprint density at radius 2 is 2.11 bits per heavy atom. The zero-order valence-corrected chi connectivity index (χ0v) is 11.3. The van der Waals surface area contributed by atoms with E-state index in [0.717, 1.165) is 16.3 Å². The SMILES string of the molecule is Cc1ccncc1-c1nc(C2CCCC2)sc1N. The van der Waals surface area contributed by atoms with Crippen LogP contribution in [0.4, 0.5) is 5.00 Å². The van der Waals surface area contributed by atoms with E-state index in [1.807, 2.05) is 12.3 Å². The number of hydrogen-bond donors (Lipinski definition) is 1. The highest BCUT2D eigenvalue weighted by Gasteiger charge is 2.22. The third-order valence-electron chi connectivity index (χ3n) is 3.67. The Hall–Kier alpha value is -1.42. The predicted octanol–water partition coefficient (Wildman–Crippen LogP) is 3.75. The molecule has 0 aromatic carbocycles. The summed E-state index contributed by atoms with van der Waals surface area (Å²) in [6, 6.07) is 2.00. The Morgan fingerprint density at radius 3 is 2.83 bits per heavy atom. The number of nitrogens with zero attached hydrogens (tertiary/aromatic N) is 2. The first-order valence-electron chi connectivity index (χ1n) is 6.43. The molecule has 3 rings (SSSR count). The van der Waals surface area contributed by atoms with Crippen molar-refractivity contribution in [3.8, 4) is 11.3 Å². The van der Waals surface area contributed by atoms with Gasteiger partial charge in [-0.2, -0.15) is 0 Å². The van der Waals surface area contributed by atoms with Crippen LogP contribution < -0.4 is 5.73 Å². The lowest BCUT2D eigenvalue weighted by atomic mass is 10.1. The fourth-order valence-electron chi connectivity index (χ4n) is 2.60. The van der Waals surface area contributed by atoms with Gasteiger partial charge in [0.15, 0.2) is 0 Å². The number of thiazole rings is 1. The molecule has 0 amide bonds. The van der Waals surface area contributed by atoms with E-state index < -0.39 is 0 Å². The maximum atomic E-state index is 6.14. The van der Waals surface area contributed by atoms with Gasteiger partial charge in [0.05, 0.1) is 5.01 Å². The first kappa shape index (κ1) is 11.7. The first-order chi connectivity index (χ1) is 8.75. The van der Waals surface area contributed by atoms with Crippen LogP contribution in [0, 0.1) is 6.92 Å². The van der Waals surface area contributed by atoms with Gasteiger partial charge in [0.1, 0.15) is 10.7 Å². The summed E-state index contributed by atoms with van der Waals surface area (Å²) in [5, 5.41) is 2.04. The normalized spacial score (nSPS) is 16.3. The predicted molar refractivity (Wildman–Crippen MR) is 75.7 cm³/mol. The third kappa shape index (κ3) is 2.01. The molecule has 1 aliphatic carbocycles. The van der Waals surface area contributed by atoms with E-state index in [1.54, 1.807) is 17.5 Å². The Labute approximate surface area is 111 Å². The molecule has 3 nitrogen and oxygen atoms in total. The van der Waals surface area contributed by atoms with Crippen molar-refractivity contribution in [2.75, 3.05) is 5.73 Å². The summed E-state index contributed by atoms with van der Waals surface area (Å²) in [4.78, 5) is 8.96. The average Bonchev–Trinajstić information content (AvgIpc) is 2.99. The van der Waals surface area contributed by atoms with Crippen molar-refractivity contribution in [2.24, 2.45) is 0 Å². The molecule has 0 bridgehead atoms. The van der Waals surface area contributed by atoms with Crippen LogP contribution in [0.3, 0.4) is 0 Å². The van der Waals surface area contributed by atoms with E-state index in [1.165, 1.54) is 36.3 Å². The van der Waals surface area contributed by atoms with Crippen molar-refractivity contribution >= 4 is 16.3 Å². The number of nitrogen functional groups attached to an aromatic ring is 1. The molecule has 94 valence electrons. The van der Waals surface area contributed by atoms with Crippen molar-refractivity contribution in [2.45, 2.75) is 38.5 Å². The summed E-state index contributed by atoms with van der Waals surface area (Å²) < 4.78 is 0. The van der Waals surface area contributed by atoms with Crippen molar-refractivity contribution in [3.63, 3.8) is 0 Å².